The van der Waals surface area contributed by atoms with Crippen LogP contribution in [0, 0.1) is 13.8 Å². The molecule has 2 rings (SSSR count). The molecule has 0 saturated heterocycles. The summed E-state index contributed by atoms with van der Waals surface area (Å²) in [5.41, 5.74) is 4.05. The lowest BCUT2D eigenvalue weighted by atomic mass is 10.1. The van der Waals surface area contributed by atoms with Gasteiger partial charge in [0.2, 0.25) is 0 Å². The van der Waals surface area contributed by atoms with E-state index in [1.807, 2.05) is 20.0 Å². The fourth-order valence-electron chi connectivity index (χ4n) is 2.03. The molecule has 0 radical (unpaired) electrons. The Labute approximate surface area is 101 Å². The Balaban J connectivity index is 2.63. The molecular formula is C13H17N3O. The van der Waals surface area contributed by atoms with Crippen LogP contribution in [-0.4, -0.2) is 16.8 Å². The minimum Gasteiger partial charge on any atom is -0.361 e. The highest BCUT2D eigenvalue weighted by atomic mass is 16.5. The quantitative estimate of drug-likeness (QED) is 0.796. The Morgan fingerprint density at radius 2 is 2.18 bits per heavy atom. The number of aromatic nitrogens is 2. The second-order valence-electron chi connectivity index (χ2n) is 3.98. The van der Waals surface area contributed by atoms with Crippen molar-refractivity contribution < 1.29 is 4.52 Å². The summed E-state index contributed by atoms with van der Waals surface area (Å²) >= 11 is 0. The molecule has 0 aliphatic rings. The van der Waals surface area contributed by atoms with E-state index in [9.17, 15) is 0 Å². The smallest absolute Gasteiger partial charge is 0.141 e. The lowest BCUT2D eigenvalue weighted by Crippen LogP contribution is -2.19. The molecule has 0 amide bonds. The summed E-state index contributed by atoms with van der Waals surface area (Å²) < 4.78 is 7.29. The molecule has 2 heterocycles. The van der Waals surface area contributed by atoms with E-state index in [2.05, 4.69) is 33.8 Å². The zero-order valence-electron chi connectivity index (χ0n) is 10.7. The Hall–Kier alpha value is -1.84. The maximum absolute atomic E-state index is 5.19. The van der Waals surface area contributed by atoms with Gasteiger partial charge in [-0.05, 0) is 38.5 Å². The molecule has 0 spiro atoms. The van der Waals surface area contributed by atoms with Crippen LogP contribution in [-0.2, 0) is 6.54 Å². The normalized spacial score (nSPS) is 12.1. The van der Waals surface area contributed by atoms with Crippen LogP contribution >= 0.6 is 0 Å². The highest BCUT2D eigenvalue weighted by Crippen LogP contribution is 2.25. The lowest BCUT2D eigenvalue weighted by molar-refractivity contribution is 0.393. The van der Waals surface area contributed by atoms with Gasteiger partial charge in [-0.1, -0.05) is 5.16 Å². The first-order valence-electron chi connectivity index (χ1n) is 5.74. The topological polar surface area (TPSA) is 43.3 Å². The van der Waals surface area contributed by atoms with Crippen molar-refractivity contribution in [3.05, 3.63) is 35.3 Å². The largest absolute Gasteiger partial charge is 0.361 e. The molecule has 90 valence electrons. The molecule has 17 heavy (non-hydrogen) atoms. The fourth-order valence-corrected chi connectivity index (χ4v) is 2.03. The molecule has 4 heteroatoms. The molecule has 0 bridgehead atoms. The Bertz CT molecular complexity index is 573. The predicted molar refractivity (Wildman–Crippen MR) is 66.6 cm³/mol. The van der Waals surface area contributed by atoms with Crippen LogP contribution in [0.1, 0.15) is 18.4 Å². The van der Waals surface area contributed by atoms with Crippen molar-refractivity contribution in [1.29, 1.82) is 0 Å². The van der Waals surface area contributed by atoms with E-state index < -0.39 is 0 Å². The molecular weight excluding hydrogens is 214 g/mol. The maximum Gasteiger partial charge on any atom is 0.141 e. The van der Waals surface area contributed by atoms with E-state index in [-0.39, 0.29) is 0 Å². The predicted octanol–water partition coefficient (Wildman–Crippen LogP) is 2.31. The minimum absolute atomic E-state index is 0.846. The van der Waals surface area contributed by atoms with Crippen molar-refractivity contribution in [3.8, 4) is 11.1 Å². The third kappa shape index (κ3) is 2.02. The van der Waals surface area contributed by atoms with Gasteiger partial charge in [-0.15, -0.1) is 0 Å². The van der Waals surface area contributed by atoms with Gasteiger partial charge in [-0.2, -0.15) is 0 Å². The van der Waals surface area contributed by atoms with Gasteiger partial charge >= 0.3 is 0 Å². The summed E-state index contributed by atoms with van der Waals surface area (Å²) in [7, 11) is 1.80. The average molecular weight is 231 g/mol. The van der Waals surface area contributed by atoms with Gasteiger partial charge in [-0.3, -0.25) is 4.99 Å². The lowest BCUT2D eigenvalue weighted by Gasteiger charge is -2.06. The molecule has 0 aromatic carbocycles. The van der Waals surface area contributed by atoms with Crippen molar-refractivity contribution >= 4 is 0 Å². The summed E-state index contributed by atoms with van der Waals surface area (Å²) in [6.07, 6.45) is 2.05. The summed E-state index contributed by atoms with van der Waals surface area (Å²) in [6, 6.07) is 4.14. The van der Waals surface area contributed by atoms with Gasteiger partial charge in [0.1, 0.15) is 11.2 Å². The van der Waals surface area contributed by atoms with Crippen LogP contribution in [0.2, 0.25) is 0 Å². The first-order chi connectivity index (χ1) is 8.17. The van der Waals surface area contributed by atoms with Gasteiger partial charge in [0, 0.05) is 25.4 Å². The van der Waals surface area contributed by atoms with E-state index in [4.69, 9.17) is 4.52 Å². The molecule has 0 aliphatic heterocycles. The van der Waals surface area contributed by atoms with Crippen LogP contribution in [0.3, 0.4) is 0 Å². The number of aryl methyl sites for hydroxylation is 3. The molecule has 0 aliphatic carbocycles. The first kappa shape index (κ1) is 11.6. The van der Waals surface area contributed by atoms with E-state index >= 15 is 0 Å². The Morgan fingerprint density at radius 1 is 1.41 bits per heavy atom. The highest BCUT2D eigenvalue weighted by molar-refractivity contribution is 5.66. The second kappa shape index (κ2) is 4.57. The number of rotatable bonds is 2. The number of pyridine rings is 1. The van der Waals surface area contributed by atoms with Gasteiger partial charge in [0.25, 0.3) is 0 Å². The van der Waals surface area contributed by atoms with Crippen molar-refractivity contribution in [2.24, 2.45) is 4.99 Å². The van der Waals surface area contributed by atoms with E-state index in [0.29, 0.717) is 0 Å². The molecule has 4 nitrogen and oxygen atoms in total. The van der Waals surface area contributed by atoms with E-state index in [1.54, 1.807) is 7.05 Å². The summed E-state index contributed by atoms with van der Waals surface area (Å²) in [5, 5.41) is 3.98. The molecule has 0 fully saturated rings. The maximum atomic E-state index is 5.19. The SMILES string of the molecule is CCn1ccc(-c2c(C)noc2C)c/c1=N/C. The second-order valence-corrected chi connectivity index (χ2v) is 3.98. The highest BCUT2D eigenvalue weighted by Gasteiger charge is 2.11. The zero-order valence-corrected chi connectivity index (χ0v) is 10.7. The van der Waals surface area contributed by atoms with Crippen LogP contribution in [0.25, 0.3) is 11.1 Å². The summed E-state index contributed by atoms with van der Waals surface area (Å²) in [4.78, 5) is 4.28. The summed E-state index contributed by atoms with van der Waals surface area (Å²) in [6.45, 7) is 6.90. The number of hydrogen-bond acceptors (Lipinski definition) is 3. The Morgan fingerprint density at radius 3 is 2.71 bits per heavy atom. The fraction of sp³-hybridized carbons (Fsp3) is 0.385. The van der Waals surface area contributed by atoms with Gasteiger partial charge in [0.05, 0.1) is 5.69 Å². The van der Waals surface area contributed by atoms with Crippen molar-refractivity contribution in [2.75, 3.05) is 7.05 Å². The molecule has 2 aromatic heterocycles. The van der Waals surface area contributed by atoms with Gasteiger partial charge in [-0.25, -0.2) is 0 Å². The monoisotopic (exact) mass is 231 g/mol. The van der Waals surface area contributed by atoms with E-state index in [1.165, 1.54) is 0 Å². The average Bonchev–Trinajstić information content (AvgIpc) is 2.68. The number of hydrogen-bond donors (Lipinski definition) is 0. The molecule has 0 unspecified atom stereocenters. The Kier molecular flexibility index (Phi) is 3.13. The third-order valence-electron chi connectivity index (χ3n) is 2.90. The van der Waals surface area contributed by atoms with Crippen LogP contribution < -0.4 is 5.49 Å². The van der Waals surface area contributed by atoms with Gasteiger partial charge < -0.3 is 9.09 Å². The van der Waals surface area contributed by atoms with Gasteiger partial charge in [0.15, 0.2) is 0 Å². The van der Waals surface area contributed by atoms with Crippen molar-refractivity contribution in [2.45, 2.75) is 27.3 Å². The zero-order chi connectivity index (χ0) is 12.4. The molecule has 2 aromatic rings. The van der Waals surface area contributed by atoms with E-state index in [0.717, 1.165) is 34.6 Å². The van der Waals surface area contributed by atoms with Crippen molar-refractivity contribution in [3.63, 3.8) is 0 Å². The molecule has 0 saturated carbocycles. The summed E-state index contributed by atoms with van der Waals surface area (Å²) in [5.74, 6) is 0.846. The standard InChI is InChI=1S/C13H17N3O/c1-5-16-7-6-11(8-12(16)14-4)13-9(2)15-17-10(13)3/h6-8H,5H2,1-4H3/b14-12-. The number of nitrogens with zero attached hydrogens (tertiary/aromatic N) is 3. The minimum atomic E-state index is 0.846. The molecule has 0 N–H and O–H groups in total. The third-order valence-corrected chi connectivity index (χ3v) is 2.90. The first-order valence-corrected chi connectivity index (χ1v) is 5.74. The van der Waals surface area contributed by atoms with Crippen LogP contribution in [0.15, 0.2) is 27.8 Å². The van der Waals surface area contributed by atoms with Crippen LogP contribution in [0.4, 0.5) is 0 Å². The van der Waals surface area contributed by atoms with Crippen LogP contribution in [0.5, 0.6) is 0 Å². The molecule has 0 atom stereocenters. The van der Waals surface area contributed by atoms with Crippen molar-refractivity contribution in [1.82, 2.24) is 9.72 Å².